The molecule has 0 radical (unpaired) electrons. The molecule has 1 heterocycles. The van der Waals surface area contributed by atoms with Crippen LogP contribution in [0, 0.1) is 0 Å². The third kappa shape index (κ3) is 4.92. The maximum Gasteiger partial charge on any atom is 0.262 e. The SMILES string of the molecule is CC(C)(C)NS(=O)(=O)c1cccc(NC(=O)COc2ccc3oc4ccccc4c3c2)c1. The molecule has 8 heteroatoms. The number of carbonyl (C=O) groups is 1. The van der Waals surface area contributed by atoms with Gasteiger partial charge in [-0.15, -0.1) is 0 Å². The number of sulfonamides is 1. The lowest BCUT2D eigenvalue weighted by atomic mass is 10.1. The first-order chi connectivity index (χ1) is 15.1. The molecule has 2 N–H and O–H groups in total. The highest BCUT2D eigenvalue weighted by molar-refractivity contribution is 7.89. The Morgan fingerprint density at radius 2 is 1.69 bits per heavy atom. The van der Waals surface area contributed by atoms with Crippen LogP contribution in [0.2, 0.25) is 0 Å². The topological polar surface area (TPSA) is 97.6 Å². The van der Waals surface area contributed by atoms with Crippen LogP contribution in [0.15, 0.2) is 76.0 Å². The molecule has 0 saturated carbocycles. The van der Waals surface area contributed by atoms with E-state index in [1.54, 1.807) is 45.0 Å². The highest BCUT2D eigenvalue weighted by atomic mass is 32.2. The van der Waals surface area contributed by atoms with E-state index in [0.29, 0.717) is 11.4 Å². The zero-order valence-corrected chi connectivity index (χ0v) is 18.8. The molecule has 0 aliphatic carbocycles. The lowest BCUT2D eigenvalue weighted by molar-refractivity contribution is -0.118. The van der Waals surface area contributed by atoms with Crippen molar-refractivity contribution < 1.29 is 22.4 Å². The van der Waals surface area contributed by atoms with E-state index in [1.807, 2.05) is 30.3 Å². The second kappa shape index (κ2) is 8.29. The van der Waals surface area contributed by atoms with Crippen molar-refractivity contribution in [2.24, 2.45) is 0 Å². The highest BCUT2D eigenvalue weighted by Crippen LogP contribution is 2.31. The third-order valence-electron chi connectivity index (χ3n) is 4.59. The molecule has 0 spiro atoms. The lowest BCUT2D eigenvalue weighted by Crippen LogP contribution is -2.40. The van der Waals surface area contributed by atoms with Gasteiger partial charge in [-0.1, -0.05) is 24.3 Å². The van der Waals surface area contributed by atoms with Crippen LogP contribution >= 0.6 is 0 Å². The molecule has 4 rings (SSSR count). The van der Waals surface area contributed by atoms with E-state index >= 15 is 0 Å². The summed E-state index contributed by atoms with van der Waals surface area (Å²) in [5, 5.41) is 4.55. The number of rotatable bonds is 6. The van der Waals surface area contributed by atoms with Gasteiger partial charge < -0.3 is 14.5 Å². The number of carbonyl (C=O) groups excluding carboxylic acids is 1. The van der Waals surface area contributed by atoms with Crippen molar-refractivity contribution in [3.63, 3.8) is 0 Å². The Morgan fingerprint density at radius 1 is 0.938 bits per heavy atom. The summed E-state index contributed by atoms with van der Waals surface area (Å²) in [6.07, 6.45) is 0. The van der Waals surface area contributed by atoms with Crippen molar-refractivity contribution in [2.45, 2.75) is 31.2 Å². The van der Waals surface area contributed by atoms with Gasteiger partial charge in [-0.25, -0.2) is 13.1 Å². The minimum absolute atomic E-state index is 0.0726. The standard InChI is InChI=1S/C24H24N2O5S/c1-24(2,3)26-32(28,29)18-8-6-7-16(13-18)25-23(27)15-30-17-11-12-22-20(14-17)19-9-4-5-10-21(19)31-22/h4-14,26H,15H2,1-3H3,(H,25,27). The van der Waals surface area contributed by atoms with Gasteiger partial charge in [0.2, 0.25) is 10.0 Å². The van der Waals surface area contributed by atoms with Crippen molar-refractivity contribution in [2.75, 3.05) is 11.9 Å². The molecular formula is C24H24N2O5S. The van der Waals surface area contributed by atoms with E-state index in [2.05, 4.69) is 10.0 Å². The van der Waals surface area contributed by atoms with Crippen LogP contribution in [-0.2, 0) is 14.8 Å². The monoisotopic (exact) mass is 452 g/mol. The first-order valence-electron chi connectivity index (χ1n) is 10.1. The van der Waals surface area contributed by atoms with Crippen molar-refractivity contribution >= 4 is 43.6 Å². The normalized spacial score (nSPS) is 12.2. The number of hydrogen-bond donors (Lipinski definition) is 2. The van der Waals surface area contributed by atoms with E-state index in [0.717, 1.165) is 21.9 Å². The van der Waals surface area contributed by atoms with Gasteiger partial charge in [0.1, 0.15) is 16.9 Å². The summed E-state index contributed by atoms with van der Waals surface area (Å²) in [4.78, 5) is 12.5. The quantitative estimate of drug-likeness (QED) is 0.443. The average molecular weight is 453 g/mol. The van der Waals surface area contributed by atoms with Crippen molar-refractivity contribution in [1.82, 2.24) is 4.72 Å². The summed E-state index contributed by atoms with van der Waals surface area (Å²) in [6, 6.07) is 19.2. The fourth-order valence-corrected chi connectivity index (χ4v) is 4.81. The van der Waals surface area contributed by atoms with E-state index in [-0.39, 0.29) is 11.5 Å². The summed E-state index contributed by atoms with van der Waals surface area (Å²) in [5.41, 5.74) is 1.28. The molecule has 1 amide bonds. The Balaban J connectivity index is 1.44. The second-order valence-electron chi connectivity index (χ2n) is 8.48. The maximum absolute atomic E-state index is 12.5. The number of amides is 1. The Kier molecular flexibility index (Phi) is 5.66. The second-order valence-corrected chi connectivity index (χ2v) is 10.2. The predicted octanol–water partition coefficient (Wildman–Crippen LogP) is 4.68. The fourth-order valence-electron chi connectivity index (χ4n) is 3.34. The maximum atomic E-state index is 12.5. The van der Waals surface area contributed by atoms with E-state index in [1.165, 1.54) is 12.1 Å². The van der Waals surface area contributed by atoms with E-state index in [9.17, 15) is 13.2 Å². The van der Waals surface area contributed by atoms with Gasteiger partial charge in [0, 0.05) is 22.0 Å². The van der Waals surface area contributed by atoms with Gasteiger partial charge in [0.25, 0.3) is 5.91 Å². The Hall–Kier alpha value is -3.36. The third-order valence-corrected chi connectivity index (χ3v) is 6.34. The van der Waals surface area contributed by atoms with Gasteiger partial charge in [0.15, 0.2) is 6.61 Å². The Morgan fingerprint density at radius 3 is 2.47 bits per heavy atom. The molecule has 0 aliphatic heterocycles. The molecule has 32 heavy (non-hydrogen) atoms. The van der Waals surface area contributed by atoms with Gasteiger partial charge in [-0.2, -0.15) is 0 Å². The lowest BCUT2D eigenvalue weighted by Gasteiger charge is -2.20. The fraction of sp³-hybridized carbons (Fsp3) is 0.208. The molecule has 1 aromatic heterocycles. The van der Waals surface area contributed by atoms with Gasteiger partial charge in [0.05, 0.1) is 4.90 Å². The van der Waals surface area contributed by atoms with Crippen LogP contribution in [0.5, 0.6) is 5.75 Å². The number of ether oxygens (including phenoxy) is 1. The molecule has 0 atom stereocenters. The molecule has 166 valence electrons. The molecule has 7 nitrogen and oxygen atoms in total. The number of furan rings is 1. The number of fused-ring (bicyclic) bond motifs is 3. The number of anilines is 1. The van der Waals surface area contributed by atoms with Crippen molar-refractivity contribution in [1.29, 1.82) is 0 Å². The summed E-state index contributed by atoms with van der Waals surface area (Å²) < 4.78 is 39.1. The highest BCUT2D eigenvalue weighted by Gasteiger charge is 2.22. The first-order valence-corrected chi connectivity index (χ1v) is 11.6. The first kappa shape index (κ1) is 21.9. The van der Waals surface area contributed by atoms with Crippen LogP contribution in [-0.4, -0.2) is 26.5 Å². The molecule has 0 unspecified atom stereocenters. The summed E-state index contributed by atoms with van der Waals surface area (Å²) in [5.74, 6) is 0.130. The zero-order valence-electron chi connectivity index (χ0n) is 18.0. The van der Waals surface area contributed by atoms with Crippen molar-refractivity contribution in [3.8, 4) is 5.75 Å². The van der Waals surface area contributed by atoms with Gasteiger partial charge in [-0.3, -0.25) is 4.79 Å². The molecule has 0 aliphatic rings. The minimum Gasteiger partial charge on any atom is -0.484 e. The Bertz CT molecular complexity index is 1400. The molecule has 0 fully saturated rings. The Labute approximate surface area is 186 Å². The smallest absolute Gasteiger partial charge is 0.262 e. The van der Waals surface area contributed by atoms with Gasteiger partial charge in [-0.05, 0) is 63.2 Å². The van der Waals surface area contributed by atoms with Crippen LogP contribution in [0.3, 0.4) is 0 Å². The van der Waals surface area contributed by atoms with Crippen molar-refractivity contribution in [3.05, 3.63) is 66.7 Å². The van der Waals surface area contributed by atoms with Crippen LogP contribution < -0.4 is 14.8 Å². The van der Waals surface area contributed by atoms with Gasteiger partial charge >= 0.3 is 0 Å². The van der Waals surface area contributed by atoms with E-state index in [4.69, 9.17) is 9.15 Å². The predicted molar refractivity (Wildman–Crippen MR) is 124 cm³/mol. The van der Waals surface area contributed by atoms with Crippen LogP contribution in [0.25, 0.3) is 21.9 Å². The summed E-state index contributed by atoms with van der Waals surface area (Å²) in [6.45, 7) is 5.06. The summed E-state index contributed by atoms with van der Waals surface area (Å²) in [7, 11) is -3.71. The van der Waals surface area contributed by atoms with Crippen LogP contribution in [0.4, 0.5) is 5.69 Å². The molecule has 0 bridgehead atoms. The molecule has 4 aromatic rings. The summed E-state index contributed by atoms with van der Waals surface area (Å²) >= 11 is 0. The van der Waals surface area contributed by atoms with E-state index < -0.39 is 21.5 Å². The number of nitrogens with one attached hydrogen (secondary N) is 2. The minimum atomic E-state index is -3.71. The number of benzene rings is 3. The van der Waals surface area contributed by atoms with Crippen LogP contribution in [0.1, 0.15) is 20.8 Å². The average Bonchev–Trinajstić information content (AvgIpc) is 3.09. The molecule has 0 saturated heterocycles. The number of para-hydroxylation sites is 1. The zero-order chi connectivity index (χ0) is 22.9. The molecule has 3 aromatic carbocycles. The largest absolute Gasteiger partial charge is 0.484 e. The number of hydrogen-bond acceptors (Lipinski definition) is 5. The molecular weight excluding hydrogens is 428 g/mol.